The molecule has 0 fully saturated rings. The van der Waals surface area contributed by atoms with Crippen LogP contribution in [0.15, 0.2) is 78.0 Å². The number of thioether (sulfide) groups is 1. The summed E-state index contributed by atoms with van der Waals surface area (Å²) >= 11 is 1.58. The fourth-order valence-electron chi connectivity index (χ4n) is 2.91. The highest BCUT2D eigenvalue weighted by Gasteiger charge is 2.18. The van der Waals surface area contributed by atoms with Crippen LogP contribution in [0.5, 0.6) is 0 Å². The summed E-state index contributed by atoms with van der Waals surface area (Å²) in [7, 11) is 0. The van der Waals surface area contributed by atoms with Gasteiger partial charge in [0, 0.05) is 33.9 Å². The van der Waals surface area contributed by atoms with Crippen LogP contribution >= 0.6 is 11.8 Å². The van der Waals surface area contributed by atoms with Crippen molar-refractivity contribution in [2.75, 3.05) is 11.6 Å². The standard InChI is InChI=1S/C21H16FN3S/c1-26-18-9-5-3-7-16(18)21-19(22)20(24-14-10-12-23-13-11-14)15-6-2-4-8-17(15)25-21/h2-13H,1H3,(H,23,24,25). The third kappa shape index (κ3) is 3.02. The molecular weight excluding hydrogens is 345 g/mol. The van der Waals surface area contributed by atoms with Crippen LogP contribution in [0.25, 0.3) is 22.2 Å². The van der Waals surface area contributed by atoms with Gasteiger partial charge in [0.2, 0.25) is 0 Å². The van der Waals surface area contributed by atoms with E-state index in [2.05, 4.69) is 15.3 Å². The lowest BCUT2D eigenvalue weighted by molar-refractivity contribution is 0.632. The maximum atomic E-state index is 15.5. The first-order valence-corrected chi connectivity index (χ1v) is 9.39. The lowest BCUT2D eigenvalue weighted by Crippen LogP contribution is -2.01. The molecule has 0 amide bonds. The van der Waals surface area contributed by atoms with Crippen molar-refractivity contribution < 1.29 is 4.39 Å². The van der Waals surface area contributed by atoms with Crippen LogP contribution in [-0.2, 0) is 0 Å². The molecule has 0 aliphatic carbocycles. The van der Waals surface area contributed by atoms with Crippen molar-refractivity contribution in [1.29, 1.82) is 0 Å². The molecule has 4 aromatic rings. The first-order valence-electron chi connectivity index (χ1n) is 8.16. The van der Waals surface area contributed by atoms with Crippen molar-refractivity contribution in [1.82, 2.24) is 9.97 Å². The lowest BCUT2D eigenvalue weighted by atomic mass is 10.1. The molecule has 5 heteroatoms. The Hall–Kier alpha value is -2.92. The second-order valence-electron chi connectivity index (χ2n) is 5.73. The molecule has 0 radical (unpaired) electrons. The number of halogens is 1. The number of nitrogens with one attached hydrogen (secondary N) is 1. The summed E-state index contributed by atoms with van der Waals surface area (Å²) in [5, 5.41) is 3.94. The van der Waals surface area contributed by atoms with E-state index in [0.717, 1.165) is 27.0 Å². The van der Waals surface area contributed by atoms with Gasteiger partial charge >= 0.3 is 0 Å². The highest BCUT2D eigenvalue weighted by atomic mass is 32.2. The summed E-state index contributed by atoms with van der Waals surface area (Å²) in [6.45, 7) is 0. The molecule has 1 N–H and O–H groups in total. The molecule has 0 saturated carbocycles. The third-order valence-electron chi connectivity index (χ3n) is 4.14. The molecule has 4 rings (SSSR count). The van der Waals surface area contributed by atoms with Crippen LogP contribution in [-0.4, -0.2) is 16.2 Å². The van der Waals surface area contributed by atoms with Crippen LogP contribution in [0, 0.1) is 5.82 Å². The summed E-state index contributed by atoms with van der Waals surface area (Å²) < 4.78 is 15.5. The minimum absolute atomic E-state index is 0.352. The predicted molar refractivity (Wildman–Crippen MR) is 106 cm³/mol. The zero-order valence-electron chi connectivity index (χ0n) is 14.1. The molecule has 0 spiro atoms. The van der Waals surface area contributed by atoms with E-state index in [0.29, 0.717) is 11.4 Å². The summed E-state index contributed by atoms with van der Waals surface area (Å²) in [5.74, 6) is -0.359. The van der Waals surface area contributed by atoms with Crippen LogP contribution in [0.2, 0.25) is 0 Å². The molecule has 2 aromatic heterocycles. The number of pyridine rings is 2. The summed E-state index contributed by atoms with van der Waals surface area (Å²) in [4.78, 5) is 9.62. The smallest absolute Gasteiger partial charge is 0.173 e. The van der Waals surface area contributed by atoms with Crippen LogP contribution in [0.3, 0.4) is 0 Å². The average molecular weight is 361 g/mol. The van der Waals surface area contributed by atoms with E-state index < -0.39 is 0 Å². The molecule has 128 valence electrons. The zero-order chi connectivity index (χ0) is 17.9. The zero-order valence-corrected chi connectivity index (χ0v) is 14.9. The normalized spacial score (nSPS) is 10.8. The van der Waals surface area contributed by atoms with Crippen molar-refractivity contribution in [3.63, 3.8) is 0 Å². The Balaban J connectivity index is 1.97. The molecule has 0 aliphatic heterocycles. The first kappa shape index (κ1) is 16.5. The number of benzene rings is 2. The monoisotopic (exact) mass is 361 g/mol. The second-order valence-corrected chi connectivity index (χ2v) is 6.58. The second kappa shape index (κ2) is 7.14. The van der Waals surface area contributed by atoms with Gasteiger partial charge in [-0.3, -0.25) is 4.98 Å². The van der Waals surface area contributed by atoms with Crippen molar-refractivity contribution in [2.45, 2.75) is 4.90 Å². The van der Waals surface area contributed by atoms with E-state index in [1.165, 1.54) is 0 Å². The minimum Gasteiger partial charge on any atom is -0.352 e. The van der Waals surface area contributed by atoms with E-state index in [1.54, 1.807) is 24.2 Å². The number of anilines is 2. The van der Waals surface area contributed by atoms with Gasteiger partial charge in [0.15, 0.2) is 5.82 Å². The number of aromatic nitrogens is 2. The van der Waals surface area contributed by atoms with Crippen molar-refractivity contribution in [3.8, 4) is 11.3 Å². The molecule has 3 nitrogen and oxygen atoms in total. The molecule has 0 unspecified atom stereocenters. The number of nitrogens with zero attached hydrogens (tertiary/aromatic N) is 2. The quantitative estimate of drug-likeness (QED) is 0.459. The van der Waals surface area contributed by atoms with Gasteiger partial charge in [-0.25, -0.2) is 9.37 Å². The topological polar surface area (TPSA) is 37.8 Å². The molecule has 0 atom stereocenters. The van der Waals surface area contributed by atoms with E-state index in [9.17, 15) is 0 Å². The largest absolute Gasteiger partial charge is 0.352 e. The van der Waals surface area contributed by atoms with E-state index in [1.807, 2.05) is 66.9 Å². The van der Waals surface area contributed by atoms with Crippen molar-refractivity contribution >= 4 is 34.0 Å². The van der Waals surface area contributed by atoms with Gasteiger partial charge in [-0.05, 0) is 30.5 Å². The van der Waals surface area contributed by atoms with E-state index in [-0.39, 0.29) is 5.82 Å². The van der Waals surface area contributed by atoms with Gasteiger partial charge in [0.25, 0.3) is 0 Å². The van der Waals surface area contributed by atoms with Crippen molar-refractivity contribution in [2.24, 2.45) is 0 Å². The van der Waals surface area contributed by atoms with E-state index >= 15 is 4.39 Å². The molecule has 2 heterocycles. The Kier molecular flexibility index (Phi) is 4.54. The summed E-state index contributed by atoms with van der Waals surface area (Å²) in [6.07, 6.45) is 5.33. The molecule has 0 aliphatic rings. The van der Waals surface area contributed by atoms with Gasteiger partial charge in [-0.1, -0.05) is 36.4 Å². The Bertz CT molecular complexity index is 1070. The van der Waals surface area contributed by atoms with Gasteiger partial charge < -0.3 is 5.32 Å². The fourth-order valence-corrected chi connectivity index (χ4v) is 3.51. The Morgan fingerprint density at radius 2 is 1.65 bits per heavy atom. The Morgan fingerprint density at radius 1 is 0.923 bits per heavy atom. The van der Waals surface area contributed by atoms with Gasteiger partial charge in [0.1, 0.15) is 5.69 Å². The van der Waals surface area contributed by atoms with Crippen LogP contribution in [0.4, 0.5) is 15.8 Å². The number of hydrogen-bond acceptors (Lipinski definition) is 4. The Labute approximate surface area is 155 Å². The number of fused-ring (bicyclic) bond motifs is 1. The number of hydrogen-bond donors (Lipinski definition) is 1. The summed E-state index contributed by atoms with van der Waals surface area (Å²) in [6, 6.07) is 18.9. The maximum absolute atomic E-state index is 15.5. The van der Waals surface area contributed by atoms with Crippen molar-refractivity contribution in [3.05, 3.63) is 78.9 Å². The molecule has 26 heavy (non-hydrogen) atoms. The first-order chi connectivity index (χ1) is 12.8. The van der Waals surface area contributed by atoms with Crippen LogP contribution < -0.4 is 5.32 Å². The molecule has 2 aromatic carbocycles. The number of rotatable bonds is 4. The summed E-state index contributed by atoms with van der Waals surface area (Å²) in [5.41, 5.74) is 3.09. The van der Waals surface area contributed by atoms with Gasteiger partial charge in [0.05, 0.1) is 11.2 Å². The molecule has 0 bridgehead atoms. The SMILES string of the molecule is CSc1ccccc1-c1nc2ccccc2c(Nc2ccncc2)c1F. The molecule has 0 saturated heterocycles. The highest BCUT2D eigenvalue weighted by molar-refractivity contribution is 7.98. The van der Waals surface area contributed by atoms with E-state index in [4.69, 9.17) is 0 Å². The van der Waals surface area contributed by atoms with Gasteiger partial charge in [-0.2, -0.15) is 0 Å². The fraction of sp³-hybridized carbons (Fsp3) is 0.0476. The third-order valence-corrected chi connectivity index (χ3v) is 4.94. The number of para-hydroxylation sites is 1. The predicted octanol–water partition coefficient (Wildman–Crippen LogP) is 5.90. The highest BCUT2D eigenvalue weighted by Crippen LogP contribution is 2.37. The Morgan fingerprint density at radius 3 is 2.46 bits per heavy atom. The maximum Gasteiger partial charge on any atom is 0.173 e. The average Bonchev–Trinajstić information content (AvgIpc) is 2.70. The molecular formula is C21H16FN3S. The van der Waals surface area contributed by atoms with Crippen LogP contribution in [0.1, 0.15) is 0 Å². The van der Waals surface area contributed by atoms with Gasteiger partial charge in [-0.15, -0.1) is 11.8 Å². The minimum atomic E-state index is -0.359. The lowest BCUT2D eigenvalue weighted by Gasteiger charge is -2.15.